The first kappa shape index (κ1) is 15.5. The van der Waals surface area contributed by atoms with Gasteiger partial charge in [-0.3, -0.25) is 9.69 Å². The number of nitrogens with zero attached hydrogens (tertiary/aromatic N) is 1. The van der Waals surface area contributed by atoms with Crippen molar-refractivity contribution in [3.63, 3.8) is 0 Å². The Labute approximate surface area is 109 Å². The van der Waals surface area contributed by atoms with E-state index in [1.807, 2.05) is 0 Å². The van der Waals surface area contributed by atoms with Crippen LogP contribution in [0.3, 0.4) is 0 Å². The summed E-state index contributed by atoms with van der Waals surface area (Å²) < 4.78 is 39.9. The molecule has 0 saturated carbocycles. The van der Waals surface area contributed by atoms with Gasteiger partial charge in [0.15, 0.2) is 11.6 Å². The van der Waals surface area contributed by atoms with Crippen molar-refractivity contribution in [2.75, 3.05) is 13.1 Å². The molecule has 3 nitrogen and oxygen atoms in total. The molecule has 106 valence electrons. The quantitative estimate of drug-likeness (QED) is 0.811. The summed E-state index contributed by atoms with van der Waals surface area (Å²) in [6, 6.07) is 0.363. The summed E-state index contributed by atoms with van der Waals surface area (Å²) in [5.74, 6) is -4.52. The first-order valence-corrected chi connectivity index (χ1v) is 6.00. The number of hydrogen-bond donors (Lipinski definition) is 1. The van der Waals surface area contributed by atoms with Gasteiger partial charge in [-0.05, 0) is 19.2 Å². The maximum atomic E-state index is 13.7. The normalized spacial score (nSPS) is 12.7. The van der Waals surface area contributed by atoms with E-state index < -0.39 is 29.5 Å². The fourth-order valence-corrected chi connectivity index (χ4v) is 2.06. The van der Waals surface area contributed by atoms with Crippen LogP contribution in [0.5, 0.6) is 0 Å². The molecule has 0 bridgehead atoms. The summed E-state index contributed by atoms with van der Waals surface area (Å²) in [7, 11) is 0. The SMILES string of the molecule is CCN(CC)C(CC(=O)O)c1cc(F)c(F)cc1F. The van der Waals surface area contributed by atoms with Crippen molar-refractivity contribution >= 4 is 5.97 Å². The second-order valence-corrected chi connectivity index (χ2v) is 4.12. The van der Waals surface area contributed by atoms with Crippen LogP contribution in [-0.2, 0) is 4.79 Å². The van der Waals surface area contributed by atoms with Crippen molar-refractivity contribution in [2.24, 2.45) is 0 Å². The fourth-order valence-electron chi connectivity index (χ4n) is 2.06. The topological polar surface area (TPSA) is 40.5 Å². The molecule has 1 aromatic rings. The third-order valence-corrected chi connectivity index (χ3v) is 3.02. The zero-order valence-electron chi connectivity index (χ0n) is 10.8. The maximum absolute atomic E-state index is 13.7. The lowest BCUT2D eigenvalue weighted by Gasteiger charge is -2.29. The van der Waals surface area contributed by atoms with Gasteiger partial charge >= 0.3 is 5.97 Å². The molecule has 0 heterocycles. The van der Waals surface area contributed by atoms with Crippen molar-refractivity contribution in [1.82, 2.24) is 4.90 Å². The fraction of sp³-hybridized carbons (Fsp3) is 0.462. The Morgan fingerprint density at radius 2 is 1.68 bits per heavy atom. The molecule has 1 aromatic carbocycles. The molecule has 0 aromatic heterocycles. The number of halogens is 3. The lowest BCUT2D eigenvalue weighted by molar-refractivity contribution is -0.138. The standard InChI is InChI=1S/C13H16F3NO2/c1-3-17(4-2)12(7-13(18)19)8-5-10(15)11(16)6-9(8)14/h5-6,12H,3-4,7H2,1-2H3,(H,18,19). The molecule has 0 saturated heterocycles. The van der Waals surface area contributed by atoms with Crippen LogP contribution >= 0.6 is 0 Å². The number of rotatable bonds is 6. The minimum absolute atomic E-state index is 0.134. The second kappa shape index (κ2) is 6.56. The lowest BCUT2D eigenvalue weighted by Crippen LogP contribution is -2.31. The number of hydrogen-bond acceptors (Lipinski definition) is 2. The van der Waals surface area contributed by atoms with Crippen LogP contribution in [0.2, 0.25) is 0 Å². The Bertz CT molecular complexity index is 461. The molecule has 1 N–H and O–H groups in total. The van der Waals surface area contributed by atoms with Crippen LogP contribution in [0.25, 0.3) is 0 Å². The molecule has 0 amide bonds. The van der Waals surface area contributed by atoms with E-state index in [1.54, 1.807) is 18.7 Å². The van der Waals surface area contributed by atoms with Crippen molar-refractivity contribution in [1.29, 1.82) is 0 Å². The van der Waals surface area contributed by atoms with Crippen molar-refractivity contribution in [3.8, 4) is 0 Å². The first-order valence-electron chi connectivity index (χ1n) is 6.00. The third-order valence-electron chi connectivity index (χ3n) is 3.02. The summed E-state index contributed by atoms with van der Waals surface area (Å²) in [6.45, 7) is 4.53. The second-order valence-electron chi connectivity index (χ2n) is 4.12. The van der Waals surface area contributed by atoms with Crippen LogP contribution in [0.4, 0.5) is 13.2 Å². The molecule has 0 aliphatic carbocycles. The highest BCUT2D eigenvalue weighted by atomic mass is 19.2. The molecule has 1 atom stereocenters. The van der Waals surface area contributed by atoms with Crippen molar-refractivity contribution in [2.45, 2.75) is 26.3 Å². The van der Waals surface area contributed by atoms with E-state index in [1.165, 1.54) is 0 Å². The summed E-state index contributed by atoms with van der Waals surface area (Å²) in [4.78, 5) is 12.5. The number of carboxylic acid groups (broad SMARTS) is 1. The molecule has 0 aliphatic rings. The minimum Gasteiger partial charge on any atom is -0.481 e. The van der Waals surface area contributed by atoms with Crippen LogP contribution in [0, 0.1) is 17.5 Å². The molecule has 1 unspecified atom stereocenters. The Morgan fingerprint density at radius 1 is 1.16 bits per heavy atom. The average molecular weight is 275 g/mol. The summed E-state index contributed by atoms with van der Waals surface area (Å²) >= 11 is 0. The maximum Gasteiger partial charge on any atom is 0.305 e. The molecular weight excluding hydrogens is 259 g/mol. The van der Waals surface area contributed by atoms with E-state index in [0.717, 1.165) is 6.07 Å². The van der Waals surface area contributed by atoms with Crippen LogP contribution in [0.1, 0.15) is 31.9 Å². The third kappa shape index (κ3) is 3.70. The molecule has 0 aliphatic heterocycles. The smallest absolute Gasteiger partial charge is 0.305 e. The molecule has 0 radical (unpaired) electrons. The summed E-state index contributed by atoms with van der Waals surface area (Å²) in [5.41, 5.74) is -0.134. The van der Waals surface area contributed by atoms with E-state index in [2.05, 4.69) is 0 Å². The zero-order chi connectivity index (χ0) is 14.6. The van der Waals surface area contributed by atoms with Gasteiger partial charge in [0.2, 0.25) is 0 Å². The Morgan fingerprint density at radius 3 is 2.16 bits per heavy atom. The Kier molecular flexibility index (Phi) is 5.35. The van der Waals surface area contributed by atoms with E-state index >= 15 is 0 Å². The largest absolute Gasteiger partial charge is 0.481 e. The van der Waals surface area contributed by atoms with Gasteiger partial charge in [0, 0.05) is 17.7 Å². The highest BCUT2D eigenvalue weighted by Gasteiger charge is 2.25. The van der Waals surface area contributed by atoms with Gasteiger partial charge in [-0.15, -0.1) is 0 Å². The Balaban J connectivity index is 3.23. The molecule has 1 rings (SSSR count). The molecule has 0 spiro atoms. The molecule has 0 fully saturated rings. The predicted molar refractivity (Wildman–Crippen MR) is 64.2 cm³/mol. The van der Waals surface area contributed by atoms with Gasteiger partial charge < -0.3 is 5.11 Å². The minimum atomic E-state index is -1.28. The number of aliphatic carboxylic acids is 1. The average Bonchev–Trinajstić information content (AvgIpc) is 2.33. The zero-order valence-corrected chi connectivity index (χ0v) is 10.8. The summed E-state index contributed by atoms with van der Waals surface area (Å²) in [6.07, 6.45) is -0.371. The van der Waals surface area contributed by atoms with Gasteiger partial charge in [0.25, 0.3) is 0 Å². The van der Waals surface area contributed by atoms with Gasteiger partial charge in [-0.25, -0.2) is 13.2 Å². The number of carboxylic acids is 1. The van der Waals surface area contributed by atoms with Crippen LogP contribution in [-0.4, -0.2) is 29.1 Å². The predicted octanol–water partition coefficient (Wildman–Crippen LogP) is 2.96. The highest BCUT2D eigenvalue weighted by Crippen LogP contribution is 2.28. The van der Waals surface area contributed by atoms with Gasteiger partial charge in [-0.2, -0.15) is 0 Å². The van der Waals surface area contributed by atoms with Crippen LogP contribution in [0.15, 0.2) is 12.1 Å². The molecule has 6 heteroatoms. The summed E-state index contributed by atoms with van der Waals surface area (Å²) in [5, 5.41) is 8.88. The van der Waals surface area contributed by atoms with Gasteiger partial charge in [-0.1, -0.05) is 13.8 Å². The molecule has 19 heavy (non-hydrogen) atoms. The van der Waals surface area contributed by atoms with Crippen LogP contribution < -0.4 is 0 Å². The lowest BCUT2D eigenvalue weighted by atomic mass is 10.0. The first-order chi connectivity index (χ1) is 8.90. The number of benzene rings is 1. The number of carbonyl (C=O) groups is 1. The van der Waals surface area contributed by atoms with E-state index in [-0.39, 0.29) is 12.0 Å². The van der Waals surface area contributed by atoms with Crippen molar-refractivity contribution < 1.29 is 23.1 Å². The highest BCUT2D eigenvalue weighted by molar-refractivity contribution is 5.68. The van der Waals surface area contributed by atoms with Crippen molar-refractivity contribution in [3.05, 3.63) is 35.1 Å². The van der Waals surface area contributed by atoms with E-state index in [0.29, 0.717) is 19.2 Å². The monoisotopic (exact) mass is 275 g/mol. The Hall–Kier alpha value is -1.56. The van der Waals surface area contributed by atoms with Gasteiger partial charge in [0.1, 0.15) is 5.82 Å². The molecular formula is C13H16F3NO2. The van der Waals surface area contributed by atoms with Gasteiger partial charge in [0.05, 0.1) is 6.42 Å². The van der Waals surface area contributed by atoms with E-state index in [9.17, 15) is 18.0 Å². The van der Waals surface area contributed by atoms with E-state index in [4.69, 9.17) is 5.11 Å².